The second-order valence-electron chi connectivity index (χ2n) is 5.02. The highest BCUT2D eigenvalue weighted by Crippen LogP contribution is 2.22. The molecule has 3 rings (SSSR count). The molecule has 0 fully saturated rings. The minimum Gasteiger partial charge on any atom is -0.247 e. The molecule has 0 spiro atoms. The molecule has 0 aliphatic heterocycles. The Morgan fingerprint density at radius 3 is 1.87 bits per heavy atom. The number of halogens is 1. The molecule has 3 heteroatoms. The summed E-state index contributed by atoms with van der Waals surface area (Å²) in [6, 6.07) is 26.1. The van der Waals surface area contributed by atoms with Gasteiger partial charge >= 0.3 is 0 Å². The van der Waals surface area contributed by atoms with E-state index in [0.717, 1.165) is 11.1 Å². The Bertz CT molecular complexity index is 825. The maximum Gasteiger partial charge on any atom is 0.192 e. The van der Waals surface area contributed by atoms with Crippen molar-refractivity contribution in [2.24, 2.45) is 0 Å². The van der Waals surface area contributed by atoms with Gasteiger partial charge in [-0.2, -0.15) is 4.39 Å². The first-order valence-corrected chi connectivity index (χ1v) is 8.38. The molecule has 0 saturated carbocycles. The molecule has 0 heterocycles. The largest absolute Gasteiger partial charge is 0.247 e. The van der Waals surface area contributed by atoms with Gasteiger partial charge in [-0.05, 0) is 34.9 Å². The minimum absolute atomic E-state index is 0.460. The molecule has 1 nitrogen and oxygen atoms in total. The van der Waals surface area contributed by atoms with E-state index in [1.807, 2.05) is 60.7 Å². The van der Waals surface area contributed by atoms with E-state index in [1.165, 1.54) is 6.08 Å². The van der Waals surface area contributed by atoms with E-state index in [2.05, 4.69) is 0 Å². The molecule has 23 heavy (non-hydrogen) atoms. The Balaban J connectivity index is 1.81. The Kier molecular flexibility index (Phi) is 4.79. The highest BCUT2D eigenvalue weighted by Gasteiger charge is 2.09. The lowest BCUT2D eigenvalue weighted by Gasteiger charge is -2.03. The average Bonchev–Trinajstić information content (AvgIpc) is 2.63. The minimum atomic E-state index is -1.78. The third-order valence-electron chi connectivity index (χ3n) is 3.43. The van der Waals surface area contributed by atoms with Crippen molar-refractivity contribution < 1.29 is 8.60 Å². The molecular weight excluding hydrogens is 307 g/mol. The molecule has 0 saturated heterocycles. The predicted molar refractivity (Wildman–Crippen MR) is 93.8 cm³/mol. The summed E-state index contributed by atoms with van der Waals surface area (Å²) in [5, 5.41) is -0.649. The van der Waals surface area contributed by atoms with Crippen LogP contribution in [-0.2, 0) is 10.8 Å². The molecule has 0 aliphatic rings. The number of benzene rings is 3. The van der Waals surface area contributed by atoms with E-state index in [9.17, 15) is 8.60 Å². The average molecular weight is 322 g/mol. The fraction of sp³-hybridized carbons (Fsp3) is 0. The van der Waals surface area contributed by atoms with Gasteiger partial charge in [-0.3, -0.25) is 0 Å². The summed E-state index contributed by atoms with van der Waals surface area (Å²) in [5.41, 5.74) is 2.86. The van der Waals surface area contributed by atoms with E-state index in [0.29, 0.717) is 10.5 Å². The zero-order valence-corrected chi connectivity index (χ0v) is 13.2. The smallest absolute Gasteiger partial charge is 0.192 e. The first kappa shape index (κ1) is 15.4. The van der Waals surface area contributed by atoms with Crippen LogP contribution >= 0.6 is 0 Å². The summed E-state index contributed by atoms with van der Waals surface area (Å²) < 4.78 is 26.3. The van der Waals surface area contributed by atoms with Crippen molar-refractivity contribution >= 4 is 16.9 Å². The summed E-state index contributed by atoms with van der Waals surface area (Å²) in [4.78, 5) is 0.460. The highest BCUT2D eigenvalue weighted by atomic mass is 32.2. The van der Waals surface area contributed by atoms with Gasteiger partial charge in [0.25, 0.3) is 0 Å². The van der Waals surface area contributed by atoms with E-state index in [-0.39, 0.29) is 0 Å². The van der Waals surface area contributed by atoms with E-state index < -0.39 is 16.0 Å². The van der Waals surface area contributed by atoms with Gasteiger partial charge in [-0.15, -0.1) is 0 Å². The quantitative estimate of drug-likeness (QED) is 0.626. The van der Waals surface area contributed by atoms with Gasteiger partial charge in [0.1, 0.15) is 10.8 Å². The number of hydrogen-bond acceptors (Lipinski definition) is 1. The molecule has 1 atom stereocenters. The number of rotatable bonds is 4. The van der Waals surface area contributed by atoms with Crippen LogP contribution in [0.2, 0.25) is 0 Å². The highest BCUT2D eigenvalue weighted by molar-refractivity contribution is 7.89. The molecule has 0 aliphatic carbocycles. The summed E-state index contributed by atoms with van der Waals surface area (Å²) >= 11 is 0. The SMILES string of the molecule is O=S(C(F)=Cc1ccc(-c2ccccc2)cc1)c1ccccc1. The van der Waals surface area contributed by atoms with Crippen LogP contribution < -0.4 is 0 Å². The van der Waals surface area contributed by atoms with Crippen LogP contribution in [0.5, 0.6) is 0 Å². The maximum atomic E-state index is 14.2. The molecule has 0 amide bonds. The van der Waals surface area contributed by atoms with Gasteiger partial charge < -0.3 is 0 Å². The summed E-state index contributed by atoms with van der Waals surface area (Å²) in [7, 11) is -1.78. The second-order valence-corrected chi connectivity index (χ2v) is 6.42. The van der Waals surface area contributed by atoms with Crippen LogP contribution in [-0.4, -0.2) is 4.21 Å². The molecular formula is C20H15FOS. The Morgan fingerprint density at radius 2 is 1.26 bits per heavy atom. The topological polar surface area (TPSA) is 17.1 Å². The van der Waals surface area contributed by atoms with Gasteiger partial charge in [-0.25, -0.2) is 4.21 Å². The van der Waals surface area contributed by atoms with Crippen molar-refractivity contribution in [2.75, 3.05) is 0 Å². The second kappa shape index (κ2) is 7.16. The van der Waals surface area contributed by atoms with Crippen LogP contribution in [0.25, 0.3) is 17.2 Å². The molecule has 3 aromatic carbocycles. The predicted octanol–water partition coefficient (Wildman–Crippen LogP) is 5.43. The lowest BCUT2D eigenvalue weighted by molar-refractivity contribution is 0.653. The Morgan fingerprint density at radius 1 is 0.739 bits per heavy atom. The first-order chi connectivity index (χ1) is 11.2. The Labute approximate surface area is 137 Å². The molecule has 0 aromatic heterocycles. The van der Waals surface area contributed by atoms with Crippen molar-refractivity contribution in [1.29, 1.82) is 0 Å². The lowest BCUT2D eigenvalue weighted by atomic mass is 10.0. The van der Waals surface area contributed by atoms with Gasteiger partial charge in [-0.1, -0.05) is 72.8 Å². The number of hydrogen-bond donors (Lipinski definition) is 0. The standard InChI is InChI=1S/C20H15FOS/c21-20(23(22)19-9-5-2-6-10-19)15-16-11-13-18(14-12-16)17-7-3-1-4-8-17/h1-15H. The monoisotopic (exact) mass is 322 g/mol. The van der Waals surface area contributed by atoms with Crippen LogP contribution in [0, 0.1) is 0 Å². The third kappa shape index (κ3) is 3.82. The van der Waals surface area contributed by atoms with Crippen molar-refractivity contribution in [3.05, 3.63) is 95.7 Å². The molecule has 0 radical (unpaired) electrons. The van der Waals surface area contributed by atoms with E-state index in [1.54, 1.807) is 24.3 Å². The molecule has 1 unspecified atom stereocenters. The molecule has 114 valence electrons. The lowest BCUT2D eigenvalue weighted by Crippen LogP contribution is -1.91. The Hall–Kier alpha value is -2.52. The van der Waals surface area contributed by atoms with Crippen molar-refractivity contribution in [3.8, 4) is 11.1 Å². The zero-order valence-electron chi connectivity index (χ0n) is 12.4. The van der Waals surface area contributed by atoms with Crippen LogP contribution in [0.4, 0.5) is 4.39 Å². The van der Waals surface area contributed by atoms with Crippen LogP contribution in [0.15, 0.2) is 95.0 Å². The fourth-order valence-corrected chi connectivity index (χ4v) is 3.12. The molecule has 0 bridgehead atoms. The third-order valence-corrected chi connectivity index (χ3v) is 4.60. The summed E-state index contributed by atoms with van der Waals surface area (Å²) in [5.74, 6) is 0. The van der Waals surface area contributed by atoms with E-state index in [4.69, 9.17) is 0 Å². The zero-order chi connectivity index (χ0) is 16.1. The van der Waals surface area contributed by atoms with Crippen LogP contribution in [0.1, 0.15) is 5.56 Å². The summed E-state index contributed by atoms with van der Waals surface area (Å²) in [6.07, 6.45) is 1.32. The van der Waals surface area contributed by atoms with E-state index >= 15 is 0 Å². The van der Waals surface area contributed by atoms with Gasteiger partial charge in [0, 0.05) is 4.90 Å². The maximum absolute atomic E-state index is 14.2. The van der Waals surface area contributed by atoms with Gasteiger partial charge in [0.05, 0.1) is 0 Å². The van der Waals surface area contributed by atoms with Gasteiger partial charge in [0.15, 0.2) is 5.16 Å². The fourth-order valence-electron chi connectivity index (χ4n) is 2.24. The molecule has 3 aromatic rings. The first-order valence-electron chi connectivity index (χ1n) is 7.23. The summed E-state index contributed by atoms with van der Waals surface area (Å²) in [6.45, 7) is 0. The van der Waals surface area contributed by atoms with Crippen molar-refractivity contribution in [1.82, 2.24) is 0 Å². The van der Waals surface area contributed by atoms with Gasteiger partial charge in [0.2, 0.25) is 0 Å². The van der Waals surface area contributed by atoms with Crippen molar-refractivity contribution in [3.63, 3.8) is 0 Å². The normalized spacial score (nSPS) is 12.8. The molecule has 0 N–H and O–H groups in total. The van der Waals surface area contributed by atoms with Crippen LogP contribution in [0.3, 0.4) is 0 Å². The van der Waals surface area contributed by atoms with Crippen molar-refractivity contribution in [2.45, 2.75) is 4.90 Å².